The Morgan fingerprint density at radius 2 is 2.17 bits per heavy atom. The molecule has 0 radical (unpaired) electrons. The third kappa shape index (κ3) is 2.42. The van der Waals surface area contributed by atoms with E-state index in [-0.39, 0.29) is 23.0 Å². The minimum atomic E-state index is -0.627. The van der Waals surface area contributed by atoms with Gasteiger partial charge in [-0.1, -0.05) is 6.92 Å². The van der Waals surface area contributed by atoms with Gasteiger partial charge in [0, 0.05) is 12.1 Å². The molecule has 0 aliphatic heterocycles. The van der Waals surface area contributed by atoms with E-state index in [1.54, 1.807) is 0 Å². The minimum absolute atomic E-state index is 0.0782. The summed E-state index contributed by atoms with van der Waals surface area (Å²) in [4.78, 5) is 22.1. The largest absolute Gasteiger partial charge is 0.508 e. The van der Waals surface area contributed by atoms with Gasteiger partial charge in [-0.3, -0.25) is 14.9 Å². The Bertz CT molecular complexity index is 495. The maximum absolute atomic E-state index is 11.9. The van der Waals surface area contributed by atoms with E-state index in [1.165, 1.54) is 6.07 Å². The molecule has 0 bridgehead atoms. The number of carbonyl (C=O) groups is 1. The molecule has 1 aromatic rings. The molecule has 0 unspecified atom stereocenters. The van der Waals surface area contributed by atoms with Crippen molar-refractivity contribution in [3.63, 3.8) is 0 Å². The Balaban J connectivity index is 2.18. The molecule has 0 saturated heterocycles. The summed E-state index contributed by atoms with van der Waals surface area (Å²) in [5, 5.41) is 22.8. The predicted molar refractivity (Wildman–Crippen MR) is 64.4 cm³/mol. The van der Waals surface area contributed by atoms with E-state index in [4.69, 9.17) is 0 Å². The number of rotatable bonds is 3. The third-order valence-corrected chi connectivity index (χ3v) is 3.13. The van der Waals surface area contributed by atoms with Crippen LogP contribution in [0.4, 0.5) is 5.69 Å². The Kier molecular flexibility index (Phi) is 3.18. The zero-order chi connectivity index (χ0) is 13.3. The van der Waals surface area contributed by atoms with Crippen LogP contribution in [0.3, 0.4) is 0 Å². The summed E-state index contributed by atoms with van der Waals surface area (Å²) < 4.78 is 0. The molecule has 1 fully saturated rings. The number of hydrogen-bond donors (Lipinski definition) is 2. The number of aromatic hydroxyl groups is 1. The first-order chi connectivity index (χ1) is 8.47. The molecule has 6 nitrogen and oxygen atoms in total. The van der Waals surface area contributed by atoms with E-state index in [1.807, 2.05) is 0 Å². The summed E-state index contributed by atoms with van der Waals surface area (Å²) in [7, 11) is 0. The van der Waals surface area contributed by atoms with Crippen molar-refractivity contribution >= 4 is 11.6 Å². The number of benzene rings is 1. The Labute approximate surface area is 104 Å². The fourth-order valence-corrected chi connectivity index (χ4v) is 2.15. The first-order valence-corrected chi connectivity index (χ1v) is 5.75. The summed E-state index contributed by atoms with van der Waals surface area (Å²) in [6, 6.07) is 3.53. The second kappa shape index (κ2) is 4.64. The van der Waals surface area contributed by atoms with Crippen LogP contribution in [0.5, 0.6) is 5.75 Å². The highest BCUT2D eigenvalue weighted by molar-refractivity contribution is 5.98. The van der Waals surface area contributed by atoms with Gasteiger partial charge in [0.05, 0.1) is 4.92 Å². The highest BCUT2D eigenvalue weighted by Crippen LogP contribution is 2.28. The van der Waals surface area contributed by atoms with Crippen LogP contribution in [0, 0.1) is 16.0 Å². The van der Waals surface area contributed by atoms with E-state index in [2.05, 4.69) is 12.2 Å². The van der Waals surface area contributed by atoms with Crippen LogP contribution >= 0.6 is 0 Å². The van der Waals surface area contributed by atoms with E-state index >= 15 is 0 Å². The van der Waals surface area contributed by atoms with Crippen LogP contribution in [0.25, 0.3) is 0 Å². The monoisotopic (exact) mass is 250 g/mol. The van der Waals surface area contributed by atoms with Gasteiger partial charge in [-0.05, 0) is 30.9 Å². The molecule has 18 heavy (non-hydrogen) atoms. The molecule has 1 aromatic carbocycles. The topological polar surface area (TPSA) is 92.5 Å². The summed E-state index contributed by atoms with van der Waals surface area (Å²) in [5.41, 5.74) is -0.391. The Hall–Kier alpha value is -2.11. The van der Waals surface area contributed by atoms with Crippen molar-refractivity contribution in [1.82, 2.24) is 5.32 Å². The van der Waals surface area contributed by atoms with Crippen LogP contribution in [-0.2, 0) is 0 Å². The van der Waals surface area contributed by atoms with Gasteiger partial charge in [0.2, 0.25) is 0 Å². The molecule has 0 aromatic heterocycles. The van der Waals surface area contributed by atoms with E-state index in [9.17, 15) is 20.0 Å². The van der Waals surface area contributed by atoms with Crippen molar-refractivity contribution in [2.24, 2.45) is 5.92 Å². The summed E-state index contributed by atoms with van der Waals surface area (Å²) in [6.07, 6.45) is 1.77. The molecule has 0 atom stereocenters. The molecule has 1 saturated carbocycles. The fourth-order valence-electron chi connectivity index (χ4n) is 2.15. The van der Waals surface area contributed by atoms with Crippen molar-refractivity contribution in [2.75, 3.05) is 0 Å². The van der Waals surface area contributed by atoms with Gasteiger partial charge in [0.25, 0.3) is 11.6 Å². The number of amides is 1. The predicted octanol–water partition coefficient (Wildman–Crippen LogP) is 1.83. The van der Waals surface area contributed by atoms with Gasteiger partial charge in [0.1, 0.15) is 11.3 Å². The zero-order valence-electron chi connectivity index (χ0n) is 9.92. The normalized spacial score (nSPS) is 22.1. The molecular formula is C12H14N2O4. The molecule has 6 heteroatoms. The van der Waals surface area contributed by atoms with Gasteiger partial charge in [-0.15, -0.1) is 0 Å². The van der Waals surface area contributed by atoms with Gasteiger partial charge in [-0.25, -0.2) is 0 Å². The molecule has 2 N–H and O–H groups in total. The molecule has 0 spiro atoms. The fraction of sp³-hybridized carbons (Fsp3) is 0.417. The lowest BCUT2D eigenvalue weighted by molar-refractivity contribution is -0.385. The molecular weight excluding hydrogens is 236 g/mol. The van der Waals surface area contributed by atoms with E-state index in [0.29, 0.717) is 5.92 Å². The van der Waals surface area contributed by atoms with Crippen molar-refractivity contribution < 1.29 is 14.8 Å². The number of nitro benzene ring substituents is 1. The zero-order valence-corrected chi connectivity index (χ0v) is 9.92. The van der Waals surface area contributed by atoms with E-state index in [0.717, 1.165) is 25.0 Å². The first-order valence-electron chi connectivity index (χ1n) is 5.75. The number of phenols is 1. The quantitative estimate of drug-likeness (QED) is 0.632. The molecule has 1 amide bonds. The van der Waals surface area contributed by atoms with Crippen molar-refractivity contribution in [3.05, 3.63) is 33.9 Å². The second-order valence-electron chi connectivity index (χ2n) is 4.71. The molecule has 1 aliphatic rings. The summed E-state index contributed by atoms with van der Waals surface area (Å²) in [6.45, 7) is 2.08. The molecule has 0 heterocycles. The van der Waals surface area contributed by atoms with Crippen molar-refractivity contribution in [1.29, 1.82) is 0 Å². The van der Waals surface area contributed by atoms with Gasteiger partial charge >= 0.3 is 0 Å². The lowest BCUT2D eigenvalue weighted by Crippen LogP contribution is -2.43. The van der Waals surface area contributed by atoms with Crippen LogP contribution in [0.2, 0.25) is 0 Å². The SMILES string of the molecule is CC1CC(NC(=O)c2cc(O)ccc2[N+](=O)[O-])C1. The number of carbonyl (C=O) groups excluding carboxylic acids is 1. The highest BCUT2D eigenvalue weighted by atomic mass is 16.6. The maximum atomic E-state index is 11.9. The smallest absolute Gasteiger partial charge is 0.282 e. The number of nitrogens with one attached hydrogen (secondary N) is 1. The third-order valence-electron chi connectivity index (χ3n) is 3.13. The number of hydrogen-bond acceptors (Lipinski definition) is 4. The lowest BCUT2D eigenvalue weighted by Gasteiger charge is -2.33. The average Bonchev–Trinajstić information content (AvgIpc) is 2.26. The lowest BCUT2D eigenvalue weighted by atomic mass is 9.82. The number of nitrogens with zero attached hydrogens (tertiary/aromatic N) is 1. The van der Waals surface area contributed by atoms with E-state index < -0.39 is 10.8 Å². The number of nitro groups is 1. The van der Waals surface area contributed by atoms with Crippen LogP contribution < -0.4 is 5.32 Å². The van der Waals surface area contributed by atoms with Crippen LogP contribution in [0.15, 0.2) is 18.2 Å². The standard InChI is InChI=1S/C12H14N2O4/c1-7-4-8(5-7)13-12(16)10-6-9(15)2-3-11(10)14(17)18/h2-3,6-8,15H,4-5H2,1H3,(H,13,16). The van der Waals surface area contributed by atoms with Gasteiger partial charge < -0.3 is 10.4 Å². The highest BCUT2D eigenvalue weighted by Gasteiger charge is 2.29. The molecule has 2 rings (SSSR count). The summed E-state index contributed by atoms with van der Waals surface area (Å²) >= 11 is 0. The Morgan fingerprint density at radius 3 is 2.72 bits per heavy atom. The van der Waals surface area contributed by atoms with Crippen LogP contribution in [-0.4, -0.2) is 22.0 Å². The van der Waals surface area contributed by atoms with Crippen LogP contribution in [0.1, 0.15) is 30.1 Å². The maximum Gasteiger partial charge on any atom is 0.282 e. The van der Waals surface area contributed by atoms with Crippen molar-refractivity contribution in [3.8, 4) is 5.75 Å². The molecule has 96 valence electrons. The minimum Gasteiger partial charge on any atom is -0.508 e. The van der Waals surface area contributed by atoms with Gasteiger partial charge in [-0.2, -0.15) is 0 Å². The van der Waals surface area contributed by atoms with Gasteiger partial charge in [0.15, 0.2) is 0 Å². The Morgan fingerprint density at radius 1 is 1.50 bits per heavy atom. The molecule has 1 aliphatic carbocycles. The first kappa shape index (κ1) is 12.3. The second-order valence-corrected chi connectivity index (χ2v) is 4.71. The summed E-state index contributed by atoms with van der Waals surface area (Å²) in [5.74, 6) is -0.0864. The number of phenolic OH excluding ortho intramolecular Hbond substituents is 1. The average molecular weight is 250 g/mol. The van der Waals surface area contributed by atoms with Crippen molar-refractivity contribution in [2.45, 2.75) is 25.8 Å².